The Hall–Kier alpha value is -1.47. The highest BCUT2D eigenvalue weighted by molar-refractivity contribution is 7.89. The van der Waals surface area contributed by atoms with Gasteiger partial charge in [0, 0.05) is 13.0 Å². The zero-order valence-electron chi connectivity index (χ0n) is 11.3. The van der Waals surface area contributed by atoms with E-state index in [-0.39, 0.29) is 17.4 Å². The van der Waals surface area contributed by atoms with Crippen molar-refractivity contribution in [3.8, 4) is 0 Å². The highest BCUT2D eigenvalue weighted by Crippen LogP contribution is 2.13. The molecule has 0 aliphatic carbocycles. The first-order valence-electron chi connectivity index (χ1n) is 6.28. The van der Waals surface area contributed by atoms with Crippen LogP contribution in [0.2, 0.25) is 0 Å². The molecule has 1 aromatic rings. The van der Waals surface area contributed by atoms with Crippen LogP contribution in [0.15, 0.2) is 29.2 Å². The number of rotatable bonds is 8. The number of nitrogens with one attached hydrogen (secondary N) is 1. The van der Waals surface area contributed by atoms with Gasteiger partial charge in [-0.15, -0.1) is 0 Å². The summed E-state index contributed by atoms with van der Waals surface area (Å²) in [5.41, 5.74) is 0. The first-order chi connectivity index (χ1) is 9.47. The third-order valence-corrected chi connectivity index (χ3v) is 4.20. The van der Waals surface area contributed by atoms with E-state index in [2.05, 4.69) is 9.46 Å². The van der Waals surface area contributed by atoms with Gasteiger partial charge in [0.25, 0.3) is 0 Å². The van der Waals surface area contributed by atoms with Crippen molar-refractivity contribution < 1.29 is 22.3 Å². The Morgan fingerprint density at radius 3 is 2.60 bits per heavy atom. The number of carbonyl (C=O) groups excluding carboxylic acids is 1. The Balaban J connectivity index is 2.35. The molecule has 0 fully saturated rings. The van der Waals surface area contributed by atoms with Crippen LogP contribution in [0.1, 0.15) is 25.7 Å². The Morgan fingerprint density at radius 1 is 1.25 bits per heavy atom. The van der Waals surface area contributed by atoms with Gasteiger partial charge in [0.15, 0.2) is 0 Å². The quantitative estimate of drug-likeness (QED) is 0.587. The van der Waals surface area contributed by atoms with Crippen LogP contribution in [0.25, 0.3) is 0 Å². The SMILES string of the molecule is COC(=O)CCCCCNS(=O)(=O)c1ccccc1F. The molecule has 20 heavy (non-hydrogen) atoms. The third kappa shape index (κ3) is 5.26. The molecule has 0 atom stereocenters. The molecule has 7 heteroatoms. The number of unbranched alkanes of at least 4 members (excludes halogenated alkanes) is 2. The van der Waals surface area contributed by atoms with E-state index in [0.29, 0.717) is 25.7 Å². The van der Waals surface area contributed by atoms with Crippen LogP contribution in [0, 0.1) is 5.82 Å². The van der Waals surface area contributed by atoms with Crippen molar-refractivity contribution in [3.63, 3.8) is 0 Å². The van der Waals surface area contributed by atoms with Gasteiger partial charge in [0.1, 0.15) is 10.7 Å². The summed E-state index contributed by atoms with van der Waals surface area (Å²) in [6.07, 6.45) is 2.21. The molecular formula is C13H18FNO4S. The number of esters is 1. The van der Waals surface area contributed by atoms with Gasteiger partial charge < -0.3 is 4.74 Å². The number of halogens is 1. The summed E-state index contributed by atoms with van der Waals surface area (Å²) in [5.74, 6) is -1.05. The van der Waals surface area contributed by atoms with E-state index >= 15 is 0 Å². The smallest absolute Gasteiger partial charge is 0.305 e. The Morgan fingerprint density at radius 2 is 1.95 bits per heavy atom. The zero-order valence-corrected chi connectivity index (χ0v) is 12.1. The molecule has 0 unspecified atom stereocenters. The predicted octanol–water partition coefficient (Wildman–Crippen LogP) is 1.84. The number of sulfonamides is 1. The average molecular weight is 303 g/mol. The Kier molecular flexibility index (Phi) is 6.60. The van der Waals surface area contributed by atoms with Crippen LogP contribution < -0.4 is 4.72 Å². The monoisotopic (exact) mass is 303 g/mol. The minimum atomic E-state index is -3.82. The van der Waals surface area contributed by atoms with E-state index in [0.717, 1.165) is 6.07 Å². The fourth-order valence-electron chi connectivity index (χ4n) is 1.62. The molecule has 0 spiro atoms. The number of hydrogen-bond acceptors (Lipinski definition) is 4. The van der Waals surface area contributed by atoms with Gasteiger partial charge in [-0.1, -0.05) is 18.6 Å². The van der Waals surface area contributed by atoms with E-state index in [1.54, 1.807) is 0 Å². The van der Waals surface area contributed by atoms with Gasteiger partial charge in [-0.05, 0) is 25.0 Å². The minimum Gasteiger partial charge on any atom is -0.469 e. The van der Waals surface area contributed by atoms with Crippen LogP contribution in [0.3, 0.4) is 0 Å². The maximum atomic E-state index is 13.4. The molecule has 0 heterocycles. The molecule has 1 N–H and O–H groups in total. The molecule has 1 rings (SSSR count). The highest BCUT2D eigenvalue weighted by Gasteiger charge is 2.17. The van der Waals surface area contributed by atoms with Crippen LogP contribution in [-0.2, 0) is 19.6 Å². The van der Waals surface area contributed by atoms with Crippen LogP contribution in [0.4, 0.5) is 4.39 Å². The van der Waals surface area contributed by atoms with Crippen molar-refractivity contribution in [3.05, 3.63) is 30.1 Å². The summed E-state index contributed by atoms with van der Waals surface area (Å²) >= 11 is 0. The number of methoxy groups -OCH3 is 1. The van der Waals surface area contributed by atoms with Crippen LogP contribution in [-0.4, -0.2) is 28.0 Å². The van der Waals surface area contributed by atoms with Crippen LogP contribution in [0.5, 0.6) is 0 Å². The topological polar surface area (TPSA) is 72.5 Å². The molecule has 0 aromatic heterocycles. The second kappa shape index (κ2) is 7.96. The largest absolute Gasteiger partial charge is 0.469 e. The fraction of sp³-hybridized carbons (Fsp3) is 0.462. The molecule has 0 saturated heterocycles. The number of ether oxygens (including phenoxy) is 1. The summed E-state index contributed by atoms with van der Waals surface area (Å²) in [4.78, 5) is 10.5. The highest BCUT2D eigenvalue weighted by atomic mass is 32.2. The van der Waals surface area contributed by atoms with Crippen LogP contribution >= 0.6 is 0 Å². The molecule has 0 amide bonds. The van der Waals surface area contributed by atoms with Crippen molar-refractivity contribution in [2.75, 3.05) is 13.7 Å². The number of benzene rings is 1. The number of carbonyl (C=O) groups is 1. The summed E-state index contributed by atoms with van der Waals surface area (Å²) in [6, 6.07) is 5.22. The first kappa shape index (κ1) is 16.6. The second-order valence-electron chi connectivity index (χ2n) is 4.21. The van der Waals surface area contributed by atoms with E-state index in [4.69, 9.17) is 0 Å². The molecule has 5 nitrogen and oxygen atoms in total. The summed E-state index contributed by atoms with van der Waals surface area (Å²) in [5, 5.41) is 0. The average Bonchev–Trinajstić information content (AvgIpc) is 2.42. The molecule has 0 bridgehead atoms. The molecule has 112 valence electrons. The Labute approximate surface area is 118 Å². The standard InChI is InChI=1S/C13H18FNO4S/c1-19-13(16)9-3-2-6-10-15-20(17,18)12-8-5-4-7-11(12)14/h4-5,7-8,15H,2-3,6,9-10H2,1H3. The maximum Gasteiger partial charge on any atom is 0.305 e. The Bertz CT molecular complexity index is 545. The van der Waals surface area contributed by atoms with Gasteiger partial charge in [-0.25, -0.2) is 17.5 Å². The van der Waals surface area contributed by atoms with E-state index < -0.39 is 15.8 Å². The molecule has 0 saturated carbocycles. The lowest BCUT2D eigenvalue weighted by atomic mass is 10.2. The molecule has 0 radical (unpaired) electrons. The van der Waals surface area contributed by atoms with Crippen molar-refractivity contribution in [1.29, 1.82) is 0 Å². The maximum absolute atomic E-state index is 13.4. The van der Waals surface area contributed by atoms with E-state index in [1.807, 2.05) is 0 Å². The minimum absolute atomic E-state index is 0.206. The second-order valence-corrected chi connectivity index (χ2v) is 5.95. The van der Waals surface area contributed by atoms with E-state index in [9.17, 15) is 17.6 Å². The molecule has 0 aliphatic rings. The lowest BCUT2D eigenvalue weighted by Crippen LogP contribution is -2.25. The third-order valence-electron chi connectivity index (χ3n) is 2.70. The van der Waals surface area contributed by atoms with Crippen molar-refractivity contribution in [2.45, 2.75) is 30.6 Å². The lowest BCUT2D eigenvalue weighted by Gasteiger charge is -2.07. The van der Waals surface area contributed by atoms with Gasteiger partial charge in [0.2, 0.25) is 10.0 Å². The lowest BCUT2D eigenvalue weighted by molar-refractivity contribution is -0.140. The fourth-order valence-corrected chi connectivity index (χ4v) is 2.77. The normalized spacial score (nSPS) is 11.3. The van der Waals surface area contributed by atoms with E-state index in [1.165, 1.54) is 25.3 Å². The molecular weight excluding hydrogens is 285 g/mol. The van der Waals surface area contributed by atoms with Crippen molar-refractivity contribution >= 4 is 16.0 Å². The molecule has 0 aliphatic heterocycles. The predicted molar refractivity (Wildman–Crippen MR) is 72.1 cm³/mol. The van der Waals surface area contributed by atoms with Crippen molar-refractivity contribution in [2.24, 2.45) is 0 Å². The summed E-state index contributed by atoms with van der Waals surface area (Å²) in [7, 11) is -2.49. The first-order valence-corrected chi connectivity index (χ1v) is 7.76. The zero-order chi connectivity index (χ0) is 15.0. The van der Waals surface area contributed by atoms with Gasteiger partial charge in [-0.3, -0.25) is 4.79 Å². The summed E-state index contributed by atoms with van der Waals surface area (Å²) < 4.78 is 43.8. The number of hydrogen-bond donors (Lipinski definition) is 1. The molecule has 1 aromatic carbocycles. The van der Waals surface area contributed by atoms with Crippen molar-refractivity contribution in [1.82, 2.24) is 4.72 Å². The van der Waals surface area contributed by atoms with Gasteiger partial charge in [-0.2, -0.15) is 0 Å². The van der Waals surface area contributed by atoms with Gasteiger partial charge >= 0.3 is 5.97 Å². The van der Waals surface area contributed by atoms with Gasteiger partial charge in [0.05, 0.1) is 7.11 Å². The summed E-state index contributed by atoms with van der Waals surface area (Å²) in [6.45, 7) is 0.206.